The van der Waals surface area contributed by atoms with Crippen molar-refractivity contribution in [2.45, 2.75) is 114 Å². The third-order valence-electron chi connectivity index (χ3n) is 9.29. The summed E-state index contributed by atoms with van der Waals surface area (Å²) in [5, 5.41) is 64.2. The summed E-state index contributed by atoms with van der Waals surface area (Å²) in [4.78, 5) is 63.0. The Morgan fingerprint density at radius 1 is 1.08 bits per heavy atom. The third-order valence-corrected chi connectivity index (χ3v) is 9.29. The van der Waals surface area contributed by atoms with Gasteiger partial charge in [0.05, 0.1) is 5.60 Å². The lowest BCUT2D eigenvalue weighted by atomic mass is 9.74. The van der Waals surface area contributed by atoms with Gasteiger partial charge in [0.15, 0.2) is 6.10 Å². The maximum absolute atomic E-state index is 13.1. The van der Waals surface area contributed by atoms with Crippen LogP contribution in [0.2, 0.25) is 0 Å². The van der Waals surface area contributed by atoms with E-state index in [9.17, 15) is 54.6 Å². The number of hydrogen-bond donors (Lipinski definition) is 6. The molecule has 10 atom stereocenters. The Morgan fingerprint density at radius 3 is 2.22 bits per heavy atom. The second kappa shape index (κ2) is 15.4. The maximum Gasteiger partial charge on any atom is 0.344 e. The van der Waals surface area contributed by atoms with Gasteiger partial charge in [-0.1, -0.05) is 64.1 Å². The number of benzene rings is 1. The molecule has 0 amide bonds. The Kier molecular flexibility index (Phi) is 12.4. The topological polar surface area (TPSA) is 244 Å². The smallest absolute Gasteiger partial charge is 0.344 e. The molecule has 15 nitrogen and oxygen atoms in total. The highest BCUT2D eigenvalue weighted by Gasteiger charge is 2.85. The van der Waals surface area contributed by atoms with E-state index < -0.39 is 83.3 Å². The van der Waals surface area contributed by atoms with Gasteiger partial charge in [-0.25, -0.2) is 19.2 Å². The van der Waals surface area contributed by atoms with E-state index in [2.05, 4.69) is 6.58 Å². The lowest BCUT2D eigenvalue weighted by Crippen LogP contribution is -2.78. The van der Waals surface area contributed by atoms with Gasteiger partial charge in [-0.05, 0) is 49.3 Å². The summed E-state index contributed by atoms with van der Waals surface area (Å²) in [6, 6.07) is 9.23. The highest BCUT2D eigenvalue weighted by molar-refractivity contribution is 5.98. The third kappa shape index (κ3) is 7.92. The molecule has 2 saturated heterocycles. The Hall–Kier alpha value is -4.15. The number of carboxylic acid groups (broad SMARTS) is 3. The Labute approximate surface area is 289 Å². The largest absolute Gasteiger partial charge is 0.479 e. The highest BCUT2D eigenvalue weighted by Crippen LogP contribution is 2.56. The van der Waals surface area contributed by atoms with E-state index in [0.717, 1.165) is 17.7 Å². The van der Waals surface area contributed by atoms with Gasteiger partial charge in [0.1, 0.15) is 12.2 Å². The fraction of sp³-hybridized carbons (Fsp3) is 0.571. The number of carbonyl (C=O) groups is 5. The van der Waals surface area contributed by atoms with Crippen LogP contribution in [-0.2, 0) is 49.3 Å². The predicted octanol–water partition coefficient (Wildman–Crippen LogP) is 2.00. The van der Waals surface area contributed by atoms with Gasteiger partial charge < -0.3 is 49.6 Å². The SMILES string of the molecule is C=C(CC[C@]12O[C@H](C(=O)O)[C@@](O)(C(=O)O)[C@](C(=O)O)(O1)[C@H](OC(=O)/C=C/C(C)(O)CC(C)CC)[C@H]2O)[C@@H](OC(C)=O)[C@H](C)Cc1ccccc1. The average molecular weight is 707 g/mol. The van der Waals surface area contributed by atoms with Gasteiger partial charge in [0.25, 0.3) is 0 Å². The molecule has 0 aromatic heterocycles. The van der Waals surface area contributed by atoms with E-state index >= 15 is 0 Å². The number of aliphatic hydroxyl groups excluding tert-OH is 1. The van der Waals surface area contributed by atoms with Gasteiger partial charge >= 0.3 is 29.8 Å². The van der Waals surface area contributed by atoms with Crippen LogP contribution in [0.5, 0.6) is 0 Å². The standard InChI is InChI=1S/C35H46O15/c1-7-19(2)18-32(6,45)15-14-24(37)48-27-26(38)33(49-28(29(39)40)34(46,30(41)42)35(27,50-33)31(43)44)16-13-20(3)25(47-22(5)36)21(4)17-23-11-9-8-10-12-23/h8-12,14-15,19,21,25-28,38,45-46H,3,7,13,16-18H2,1-2,4-6H3,(H,39,40)(H,41,42)(H,43,44)/b15-14+/t19?,21-,25-,26-,27-,28-,32?,33+,34-,35+/m1/s1. The molecule has 2 aliphatic rings. The van der Waals surface area contributed by atoms with Crippen molar-refractivity contribution in [2.75, 3.05) is 0 Å². The first-order valence-electron chi connectivity index (χ1n) is 16.2. The van der Waals surface area contributed by atoms with Crippen molar-refractivity contribution in [3.63, 3.8) is 0 Å². The summed E-state index contributed by atoms with van der Waals surface area (Å²) in [5.74, 6) is -11.9. The Morgan fingerprint density at radius 2 is 1.70 bits per heavy atom. The van der Waals surface area contributed by atoms with E-state index in [-0.39, 0.29) is 30.3 Å². The van der Waals surface area contributed by atoms with Crippen LogP contribution < -0.4 is 0 Å². The molecular formula is C35H46O15. The van der Waals surface area contributed by atoms with Crippen molar-refractivity contribution in [1.29, 1.82) is 0 Å². The lowest BCUT2D eigenvalue weighted by Gasteiger charge is -2.48. The van der Waals surface area contributed by atoms with Crippen LogP contribution in [0.4, 0.5) is 0 Å². The summed E-state index contributed by atoms with van der Waals surface area (Å²) >= 11 is 0. The number of aliphatic hydroxyl groups is 3. The number of carbonyl (C=O) groups excluding carboxylic acids is 2. The molecule has 50 heavy (non-hydrogen) atoms. The lowest BCUT2D eigenvalue weighted by molar-refractivity contribution is -0.374. The first-order chi connectivity index (χ1) is 23.2. The molecule has 1 aromatic rings. The molecule has 276 valence electrons. The first-order valence-corrected chi connectivity index (χ1v) is 16.2. The first kappa shape index (κ1) is 40.3. The minimum Gasteiger partial charge on any atom is -0.479 e. The maximum atomic E-state index is 13.1. The van der Waals surface area contributed by atoms with Gasteiger partial charge in [-0.15, -0.1) is 0 Å². The van der Waals surface area contributed by atoms with Crippen LogP contribution in [0, 0.1) is 11.8 Å². The summed E-state index contributed by atoms with van der Waals surface area (Å²) in [6.45, 7) is 12.1. The molecule has 3 rings (SSSR count). The van der Waals surface area contributed by atoms with Gasteiger partial charge in [0, 0.05) is 25.3 Å². The normalized spacial score (nSPS) is 30.4. The van der Waals surface area contributed by atoms with Gasteiger partial charge in [0.2, 0.25) is 23.1 Å². The summed E-state index contributed by atoms with van der Waals surface area (Å²) in [7, 11) is 0. The Balaban J connectivity index is 2.03. The van der Waals surface area contributed by atoms with Crippen molar-refractivity contribution in [2.24, 2.45) is 11.8 Å². The van der Waals surface area contributed by atoms with E-state index in [0.29, 0.717) is 12.8 Å². The van der Waals surface area contributed by atoms with Crippen molar-refractivity contribution < 1.29 is 73.6 Å². The fourth-order valence-electron chi connectivity index (χ4n) is 6.63. The van der Waals surface area contributed by atoms with Gasteiger partial charge in [-0.2, -0.15) is 0 Å². The molecule has 2 unspecified atom stereocenters. The van der Waals surface area contributed by atoms with Crippen molar-refractivity contribution in [3.05, 3.63) is 60.2 Å². The molecule has 0 saturated carbocycles. The van der Waals surface area contributed by atoms with Crippen LogP contribution in [0.3, 0.4) is 0 Å². The van der Waals surface area contributed by atoms with E-state index in [1.807, 2.05) is 44.2 Å². The van der Waals surface area contributed by atoms with Crippen molar-refractivity contribution in [1.82, 2.24) is 0 Å². The number of aliphatic carboxylic acids is 3. The minimum atomic E-state index is -3.95. The van der Waals surface area contributed by atoms with E-state index in [1.54, 1.807) is 6.92 Å². The Bertz CT molecular complexity index is 1490. The van der Waals surface area contributed by atoms with Crippen LogP contribution >= 0.6 is 0 Å². The van der Waals surface area contributed by atoms with Crippen LogP contribution in [-0.4, -0.2) is 107 Å². The molecule has 2 aliphatic heterocycles. The number of esters is 2. The van der Waals surface area contributed by atoms with Crippen LogP contribution in [0.1, 0.15) is 65.9 Å². The average Bonchev–Trinajstić information content (AvgIpc) is 3.25. The fourth-order valence-corrected chi connectivity index (χ4v) is 6.63. The van der Waals surface area contributed by atoms with Gasteiger partial charge in [-0.3, -0.25) is 4.79 Å². The molecule has 0 radical (unpaired) electrons. The van der Waals surface area contributed by atoms with E-state index in [1.165, 1.54) is 13.8 Å². The summed E-state index contributed by atoms with van der Waals surface area (Å²) < 4.78 is 21.9. The van der Waals surface area contributed by atoms with Crippen molar-refractivity contribution in [3.8, 4) is 0 Å². The molecule has 2 fully saturated rings. The number of fused-ring (bicyclic) bond motifs is 2. The quantitative estimate of drug-likeness (QED) is 0.0771. The predicted molar refractivity (Wildman–Crippen MR) is 172 cm³/mol. The number of rotatable bonds is 17. The molecule has 0 aliphatic carbocycles. The van der Waals surface area contributed by atoms with E-state index in [4.69, 9.17) is 18.9 Å². The zero-order valence-electron chi connectivity index (χ0n) is 28.6. The molecule has 15 heteroatoms. The molecule has 2 bridgehead atoms. The zero-order chi connectivity index (χ0) is 37.8. The number of carboxylic acids is 3. The summed E-state index contributed by atoms with van der Waals surface area (Å²) in [5.41, 5.74) is -7.98. The van der Waals surface area contributed by atoms with Crippen molar-refractivity contribution >= 4 is 29.8 Å². The number of hydrogen-bond acceptors (Lipinski definition) is 12. The zero-order valence-corrected chi connectivity index (χ0v) is 28.6. The second-order valence-corrected chi connectivity index (χ2v) is 13.4. The molecule has 2 heterocycles. The number of ether oxygens (including phenoxy) is 4. The van der Waals surface area contributed by atoms with Crippen LogP contribution in [0.25, 0.3) is 0 Å². The molecule has 1 aromatic carbocycles. The second-order valence-electron chi connectivity index (χ2n) is 13.4. The molecule has 6 N–H and O–H groups in total. The molecular weight excluding hydrogens is 660 g/mol. The monoisotopic (exact) mass is 706 g/mol. The highest BCUT2D eigenvalue weighted by atomic mass is 16.8. The minimum absolute atomic E-state index is 0.0392. The molecule has 0 spiro atoms. The summed E-state index contributed by atoms with van der Waals surface area (Å²) in [6.07, 6.45) is -6.49. The van der Waals surface area contributed by atoms with Crippen LogP contribution in [0.15, 0.2) is 54.6 Å².